The van der Waals surface area contributed by atoms with E-state index in [9.17, 15) is 8.42 Å². The zero-order chi connectivity index (χ0) is 15.3. The third kappa shape index (κ3) is 4.61. The van der Waals surface area contributed by atoms with Crippen LogP contribution in [0.2, 0.25) is 0 Å². The summed E-state index contributed by atoms with van der Waals surface area (Å²) in [4.78, 5) is 0.302. The van der Waals surface area contributed by atoms with Crippen molar-refractivity contribution in [2.45, 2.75) is 58.0 Å². The quantitative estimate of drug-likeness (QED) is 0.723. The summed E-state index contributed by atoms with van der Waals surface area (Å²) in [5.74, 6) is 0.588. The van der Waals surface area contributed by atoms with Gasteiger partial charge >= 0.3 is 0 Å². The summed E-state index contributed by atoms with van der Waals surface area (Å²) in [5, 5.41) is 0. The molecule has 0 aliphatic heterocycles. The molecule has 0 fully saturated rings. The standard InChI is InChI=1S/C14H27N3O2S/c1-11(2)6-5-7-16-20(18,19)14-8-13(9-15)17(10-14)12(3)4/h8,10-12,16H,5-7,9,15H2,1-4H3. The van der Waals surface area contributed by atoms with Crippen LogP contribution in [0.4, 0.5) is 0 Å². The topological polar surface area (TPSA) is 77.1 Å². The molecule has 5 nitrogen and oxygen atoms in total. The Balaban J connectivity index is 2.77. The third-order valence-electron chi connectivity index (χ3n) is 3.23. The van der Waals surface area contributed by atoms with E-state index in [0.29, 0.717) is 23.9 Å². The lowest BCUT2D eigenvalue weighted by Gasteiger charge is -2.10. The Bertz CT molecular complexity index is 519. The van der Waals surface area contributed by atoms with Crippen LogP contribution < -0.4 is 10.5 Å². The zero-order valence-electron chi connectivity index (χ0n) is 12.9. The van der Waals surface area contributed by atoms with Crippen molar-refractivity contribution >= 4 is 10.0 Å². The summed E-state index contributed by atoms with van der Waals surface area (Å²) in [7, 11) is -3.43. The van der Waals surface area contributed by atoms with Crippen molar-refractivity contribution in [3.8, 4) is 0 Å². The molecule has 0 aromatic carbocycles. The maximum Gasteiger partial charge on any atom is 0.242 e. The molecule has 3 N–H and O–H groups in total. The minimum atomic E-state index is -3.43. The Kier molecular flexibility index (Phi) is 6.23. The Morgan fingerprint density at radius 3 is 2.40 bits per heavy atom. The Morgan fingerprint density at radius 2 is 1.95 bits per heavy atom. The summed E-state index contributed by atoms with van der Waals surface area (Å²) in [6.07, 6.45) is 3.53. The molecule has 0 spiro atoms. The molecule has 0 saturated carbocycles. The number of nitrogens with one attached hydrogen (secondary N) is 1. The van der Waals surface area contributed by atoms with Crippen LogP contribution in [-0.2, 0) is 16.6 Å². The molecule has 0 saturated heterocycles. The van der Waals surface area contributed by atoms with Crippen LogP contribution >= 0.6 is 0 Å². The molecule has 1 heterocycles. The SMILES string of the molecule is CC(C)CCCNS(=O)(=O)c1cc(CN)n(C(C)C)c1. The van der Waals surface area contributed by atoms with Gasteiger partial charge in [0.15, 0.2) is 0 Å². The minimum absolute atomic E-state index is 0.193. The molecule has 0 aliphatic carbocycles. The Morgan fingerprint density at radius 1 is 1.30 bits per heavy atom. The molecule has 1 aromatic heterocycles. The van der Waals surface area contributed by atoms with Crippen molar-refractivity contribution in [1.82, 2.24) is 9.29 Å². The van der Waals surface area contributed by atoms with E-state index in [1.54, 1.807) is 12.3 Å². The molecule has 1 rings (SSSR count). The van der Waals surface area contributed by atoms with Gasteiger partial charge in [0.2, 0.25) is 10.0 Å². The highest BCUT2D eigenvalue weighted by Crippen LogP contribution is 2.18. The monoisotopic (exact) mass is 301 g/mol. The summed E-state index contributed by atoms with van der Waals surface area (Å²) in [6, 6.07) is 1.85. The molecular weight excluding hydrogens is 274 g/mol. The summed E-state index contributed by atoms with van der Waals surface area (Å²) >= 11 is 0. The molecule has 0 radical (unpaired) electrons. The van der Waals surface area contributed by atoms with E-state index < -0.39 is 10.0 Å². The van der Waals surface area contributed by atoms with Crippen molar-refractivity contribution < 1.29 is 8.42 Å². The van der Waals surface area contributed by atoms with Gasteiger partial charge in [0, 0.05) is 31.0 Å². The Labute approximate surface area is 122 Å². The number of nitrogens with zero attached hydrogens (tertiary/aromatic N) is 1. The van der Waals surface area contributed by atoms with Gasteiger partial charge in [-0.1, -0.05) is 13.8 Å². The molecule has 116 valence electrons. The Hall–Kier alpha value is -0.850. The molecule has 0 bridgehead atoms. The second kappa shape index (κ2) is 7.24. The summed E-state index contributed by atoms with van der Waals surface area (Å²) in [5.41, 5.74) is 6.50. The molecule has 0 amide bonds. The second-order valence-electron chi connectivity index (χ2n) is 5.81. The van der Waals surface area contributed by atoms with Gasteiger partial charge < -0.3 is 10.3 Å². The average Bonchev–Trinajstić information content (AvgIpc) is 2.79. The van der Waals surface area contributed by atoms with Crippen LogP contribution in [0.25, 0.3) is 0 Å². The molecule has 1 aromatic rings. The van der Waals surface area contributed by atoms with Crippen molar-refractivity contribution in [2.24, 2.45) is 11.7 Å². The van der Waals surface area contributed by atoms with Crippen LogP contribution in [0.5, 0.6) is 0 Å². The normalized spacial score (nSPS) is 12.6. The van der Waals surface area contributed by atoms with Gasteiger partial charge in [-0.25, -0.2) is 13.1 Å². The largest absolute Gasteiger partial charge is 0.346 e. The number of rotatable bonds is 8. The van der Waals surface area contributed by atoms with E-state index in [-0.39, 0.29) is 6.04 Å². The summed E-state index contributed by atoms with van der Waals surface area (Å²) in [6.45, 7) is 9.08. The maximum absolute atomic E-state index is 12.2. The van der Waals surface area contributed by atoms with Crippen LogP contribution in [-0.4, -0.2) is 19.5 Å². The van der Waals surface area contributed by atoms with E-state index in [1.807, 2.05) is 18.4 Å². The molecule has 0 unspecified atom stereocenters. The number of aromatic nitrogens is 1. The predicted molar refractivity (Wildman–Crippen MR) is 82.0 cm³/mol. The zero-order valence-corrected chi connectivity index (χ0v) is 13.7. The lowest BCUT2D eigenvalue weighted by Crippen LogP contribution is -2.24. The van der Waals surface area contributed by atoms with E-state index in [0.717, 1.165) is 18.5 Å². The molecule has 20 heavy (non-hydrogen) atoms. The highest BCUT2D eigenvalue weighted by atomic mass is 32.2. The molecule has 0 atom stereocenters. The third-order valence-corrected chi connectivity index (χ3v) is 4.66. The minimum Gasteiger partial charge on any atom is -0.346 e. The first-order valence-corrected chi connectivity index (χ1v) is 8.66. The number of nitrogens with two attached hydrogens (primary N) is 1. The highest BCUT2D eigenvalue weighted by Gasteiger charge is 2.18. The smallest absolute Gasteiger partial charge is 0.242 e. The van der Waals surface area contributed by atoms with E-state index in [1.165, 1.54) is 0 Å². The van der Waals surface area contributed by atoms with Gasteiger partial charge in [-0.2, -0.15) is 0 Å². The van der Waals surface area contributed by atoms with Crippen LogP contribution in [0, 0.1) is 5.92 Å². The lowest BCUT2D eigenvalue weighted by molar-refractivity contribution is 0.539. The van der Waals surface area contributed by atoms with E-state index >= 15 is 0 Å². The van der Waals surface area contributed by atoms with Gasteiger partial charge in [-0.15, -0.1) is 0 Å². The van der Waals surface area contributed by atoms with Gasteiger partial charge in [-0.05, 0) is 38.7 Å². The number of hydrogen-bond acceptors (Lipinski definition) is 3. The number of sulfonamides is 1. The fourth-order valence-corrected chi connectivity index (χ4v) is 3.21. The van der Waals surface area contributed by atoms with Gasteiger partial charge in [0.05, 0.1) is 4.90 Å². The van der Waals surface area contributed by atoms with E-state index in [4.69, 9.17) is 5.73 Å². The van der Waals surface area contributed by atoms with Crippen LogP contribution in [0.1, 0.15) is 52.3 Å². The van der Waals surface area contributed by atoms with Crippen molar-refractivity contribution in [3.05, 3.63) is 18.0 Å². The molecule has 6 heteroatoms. The molecule has 0 aliphatic rings. The van der Waals surface area contributed by atoms with Crippen molar-refractivity contribution in [2.75, 3.05) is 6.54 Å². The number of hydrogen-bond donors (Lipinski definition) is 2. The van der Waals surface area contributed by atoms with Crippen molar-refractivity contribution in [1.29, 1.82) is 0 Å². The first-order valence-electron chi connectivity index (χ1n) is 7.18. The van der Waals surface area contributed by atoms with Gasteiger partial charge in [0.25, 0.3) is 0 Å². The fraction of sp³-hybridized carbons (Fsp3) is 0.714. The maximum atomic E-state index is 12.2. The van der Waals surface area contributed by atoms with E-state index in [2.05, 4.69) is 18.6 Å². The average molecular weight is 301 g/mol. The van der Waals surface area contributed by atoms with Crippen LogP contribution in [0.15, 0.2) is 17.2 Å². The second-order valence-corrected chi connectivity index (χ2v) is 7.57. The van der Waals surface area contributed by atoms with Gasteiger partial charge in [0.1, 0.15) is 0 Å². The van der Waals surface area contributed by atoms with Crippen molar-refractivity contribution in [3.63, 3.8) is 0 Å². The first kappa shape index (κ1) is 17.2. The van der Waals surface area contributed by atoms with Crippen LogP contribution in [0.3, 0.4) is 0 Å². The summed E-state index contributed by atoms with van der Waals surface area (Å²) < 4.78 is 29.0. The van der Waals surface area contributed by atoms with Gasteiger partial charge in [-0.3, -0.25) is 0 Å². The fourth-order valence-electron chi connectivity index (χ4n) is 2.09. The molecular formula is C14H27N3O2S. The predicted octanol–water partition coefficient (Wildman–Crippen LogP) is 2.24. The highest BCUT2D eigenvalue weighted by molar-refractivity contribution is 7.89. The first-order chi connectivity index (χ1) is 9.27. The lowest BCUT2D eigenvalue weighted by atomic mass is 10.1.